The SMILES string of the molecule is CC(C)C(O)C1(O)[C@@H]2CC[C@H]1CC(S(=O)(=O)c1cc(C(=O)Nc3ccc(F)c(F)c3)ccc1Cl)C2. The Morgan fingerprint density at radius 1 is 1.09 bits per heavy atom. The zero-order chi connectivity index (χ0) is 25.7. The number of fused-ring (bicyclic) bond motifs is 2. The first-order valence-corrected chi connectivity index (χ1v) is 13.5. The lowest BCUT2D eigenvalue weighted by molar-refractivity contribution is -0.156. The molecule has 3 N–H and O–H groups in total. The highest BCUT2D eigenvalue weighted by Crippen LogP contribution is 2.54. The van der Waals surface area contributed by atoms with Crippen LogP contribution in [0.4, 0.5) is 14.5 Å². The van der Waals surface area contributed by atoms with Gasteiger partial charge in [0.15, 0.2) is 21.5 Å². The highest BCUT2D eigenvalue weighted by Gasteiger charge is 2.59. The predicted molar refractivity (Wildman–Crippen MR) is 128 cm³/mol. The standard InChI is InChI=1S/C25H28ClF2NO5S/c1-13(2)23(30)25(32)15-4-5-16(25)11-18(10-15)35(33,34)22-9-14(3-7-19(22)26)24(31)29-17-6-8-20(27)21(28)12-17/h3,6-9,12-13,15-16,18,23,30,32H,4-5,10-11H2,1-2H3,(H,29,31)/t15-,16+,18?,23?,25?. The second kappa shape index (κ2) is 9.42. The molecule has 2 aliphatic rings. The van der Waals surface area contributed by atoms with Gasteiger partial charge in [-0.2, -0.15) is 0 Å². The summed E-state index contributed by atoms with van der Waals surface area (Å²) in [5.41, 5.74) is -1.32. The van der Waals surface area contributed by atoms with Crippen LogP contribution in [0.5, 0.6) is 0 Å². The molecule has 0 aliphatic heterocycles. The molecule has 0 radical (unpaired) electrons. The molecule has 2 aromatic carbocycles. The van der Waals surface area contributed by atoms with E-state index in [1.807, 2.05) is 13.8 Å². The van der Waals surface area contributed by atoms with E-state index in [1.165, 1.54) is 24.3 Å². The summed E-state index contributed by atoms with van der Waals surface area (Å²) < 4.78 is 53.8. The molecular weight excluding hydrogens is 500 g/mol. The Hall–Kier alpha value is -2.07. The maximum Gasteiger partial charge on any atom is 0.255 e. The number of aliphatic hydroxyl groups is 2. The normalized spacial score (nSPS) is 27.1. The lowest BCUT2D eigenvalue weighted by Gasteiger charge is -2.46. The van der Waals surface area contributed by atoms with Crippen molar-refractivity contribution in [1.29, 1.82) is 0 Å². The van der Waals surface area contributed by atoms with Crippen LogP contribution >= 0.6 is 11.6 Å². The van der Waals surface area contributed by atoms with E-state index in [0.717, 1.165) is 12.1 Å². The first-order valence-electron chi connectivity index (χ1n) is 11.6. The Morgan fingerprint density at radius 3 is 2.29 bits per heavy atom. The molecule has 10 heteroatoms. The molecule has 5 atom stereocenters. The van der Waals surface area contributed by atoms with Gasteiger partial charge in [0.1, 0.15) is 0 Å². The van der Waals surface area contributed by atoms with Crippen molar-refractivity contribution in [3.8, 4) is 0 Å². The zero-order valence-corrected chi connectivity index (χ0v) is 20.9. The van der Waals surface area contributed by atoms with Crippen molar-refractivity contribution in [2.75, 3.05) is 5.32 Å². The Balaban J connectivity index is 1.59. The van der Waals surface area contributed by atoms with Crippen molar-refractivity contribution in [1.82, 2.24) is 0 Å². The summed E-state index contributed by atoms with van der Waals surface area (Å²) in [5, 5.41) is 23.6. The number of nitrogens with one attached hydrogen (secondary N) is 1. The minimum Gasteiger partial charge on any atom is -0.390 e. The van der Waals surface area contributed by atoms with Crippen LogP contribution in [-0.2, 0) is 9.84 Å². The summed E-state index contributed by atoms with van der Waals surface area (Å²) in [4.78, 5) is 12.5. The lowest BCUT2D eigenvalue weighted by atomic mass is 9.69. The van der Waals surface area contributed by atoms with Gasteiger partial charge < -0.3 is 15.5 Å². The number of halogens is 3. The minimum absolute atomic E-state index is 0.0109. The number of amides is 1. The van der Waals surface area contributed by atoms with Gasteiger partial charge in [0.05, 0.1) is 26.9 Å². The quantitative estimate of drug-likeness (QED) is 0.510. The van der Waals surface area contributed by atoms with Crippen LogP contribution in [0.3, 0.4) is 0 Å². The van der Waals surface area contributed by atoms with Gasteiger partial charge in [-0.1, -0.05) is 25.4 Å². The molecule has 1 amide bonds. The van der Waals surface area contributed by atoms with Crippen LogP contribution in [0.2, 0.25) is 5.02 Å². The van der Waals surface area contributed by atoms with E-state index in [9.17, 15) is 32.2 Å². The molecule has 0 spiro atoms. The van der Waals surface area contributed by atoms with Crippen LogP contribution in [-0.4, -0.2) is 41.5 Å². The van der Waals surface area contributed by atoms with Crippen molar-refractivity contribution in [3.05, 3.63) is 58.6 Å². The van der Waals surface area contributed by atoms with E-state index in [-0.39, 0.29) is 51.8 Å². The molecule has 2 bridgehead atoms. The van der Waals surface area contributed by atoms with Crippen molar-refractivity contribution >= 4 is 33.0 Å². The van der Waals surface area contributed by atoms with Gasteiger partial charge in [-0.15, -0.1) is 0 Å². The molecule has 2 aromatic rings. The van der Waals surface area contributed by atoms with Gasteiger partial charge in [-0.3, -0.25) is 4.79 Å². The largest absolute Gasteiger partial charge is 0.390 e. The number of hydrogen-bond donors (Lipinski definition) is 3. The zero-order valence-electron chi connectivity index (χ0n) is 19.3. The van der Waals surface area contributed by atoms with E-state index >= 15 is 0 Å². The number of anilines is 1. The molecule has 35 heavy (non-hydrogen) atoms. The molecule has 0 aromatic heterocycles. The van der Waals surface area contributed by atoms with Gasteiger partial charge in [0.2, 0.25) is 0 Å². The number of carbonyl (C=O) groups excluding carboxylic acids is 1. The van der Waals surface area contributed by atoms with E-state index in [0.29, 0.717) is 12.8 Å². The van der Waals surface area contributed by atoms with E-state index in [4.69, 9.17) is 11.6 Å². The van der Waals surface area contributed by atoms with E-state index in [1.54, 1.807) is 0 Å². The number of benzene rings is 2. The van der Waals surface area contributed by atoms with Gasteiger partial charge in [-0.25, -0.2) is 17.2 Å². The van der Waals surface area contributed by atoms with Crippen molar-refractivity contribution < 1.29 is 32.2 Å². The van der Waals surface area contributed by atoms with Crippen LogP contribution in [0.25, 0.3) is 0 Å². The smallest absolute Gasteiger partial charge is 0.255 e. The monoisotopic (exact) mass is 527 g/mol. The summed E-state index contributed by atoms with van der Waals surface area (Å²) >= 11 is 6.25. The highest BCUT2D eigenvalue weighted by atomic mass is 35.5. The fourth-order valence-corrected chi connectivity index (χ4v) is 8.03. The molecule has 2 saturated carbocycles. The van der Waals surface area contributed by atoms with Gasteiger partial charge >= 0.3 is 0 Å². The number of aliphatic hydroxyl groups excluding tert-OH is 1. The van der Waals surface area contributed by atoms with E-state index in [2.05, 4.69) is 5.32 Å². The van der Waals surface area contributed by atoms with Gasteiger partial charge in [-0.05, 0) is 73.8 Å². The van der Waals surface area contributed by atoms with Crippen molar-refractivity contribution in [3.63, 3.8) is 0 Å². The highest BCUT2D eigenvalue weighted by molar-refractivity contribution is 7.92. The van der Waals surface area contributed by atoms with Crippen LogP contribution in [0.15, 0.2) is 41.3 Å². The number of hydrogen-bond acceptors (Lipinski definition) is 5. The molecule has 2 fully saturated rings. The van der Waals surface area contributed by atoms with Crippen molar-refractivity contribution in [2.45, 2.75) is 61.4 Å². The fraction of sp³-hybridized carbons (Fsp3) is 0.480. The second-order valence-corrected chi connectivity index (χ2v) is 12.5. The Kier molecular flexibility index (Phi) is 7.00. The number of sulfone groups is 1. The molecular formula is C25H28ClF2NO5S. The van der Waals surface area contributed by atoms with Crippen molar-refractivity contribution in [2.24, 2.45) is 17.8 Å². The van der Waals surface area contributed by atoms with Crippen LogP contribution < -0.4 is 5.32 Å². The van der Waals surface area contributed by atoms with Gasteiger partial charge in [0, 0.05) is 17.3 Å². The van der Waals surface area contributed by atoms with Crippen LogP contribution in [0, 0.1) is 29.4 Å². The Bertz CT molecular complexity index is 1240. The average Bonchev–Trinajstić information content (AvgIpc) is 2.97. The number of carbonyl (C=O) groups is 1. The fourth-order valence-electron chi connectivity index (χ4n) is 5.63. The summed E-state index contributed by atoms with van der Waals surface area (Å²) in [5.74, 6) is -3.79. The first kappa shape index (κ1) is 26.0. The average molecular weight is 528 g/mol. The number of rotatable bonds is 6. The maximum absolute atomic E-state index is 13.6. The molecule has 190 valence electrons. The molecule has 2 aliphatic carbocycles. The molecule has 0 heterocycles. The lowest BCUT2D eigenvalue weighted by Crippen LogP contribution is -2.57. The summed E-state index contributed by atoms with van der Waals surface area (Å²) in [6, 6.07) is 6.72. The third-order valence-corrected chi connectivity index (χ3v) is 10.1. The Morgan fingerprint density at radius 2 is 1.71 bits per heavy atom. The maximum atomic E-state index is 13.6. The minimum atomic E-state index is -3.97. The summed E-state index contributed by atoms with van der Waals surface area (Å²) in [7, 11) is -3.97. The second-order valence-electron chi connectivity index (χ2n) is 9.91. The topological polar surface area (TPSA) is 104 Å². The third kappa shape index (κ3) is 4.59. The molecule has 3 unspecified atom stereocenters. The Labute approximate surface area is 208 Å². The van der Waals surface area contributed by atoms with Crippen LogP contribution in [0.1, 0.15) is 49.9 Å². The predicted octanol–water partition coefficient (Wildman–Crippen LogP) is 4.58. The molecule has 0 saturated heterocycles. The summed E-state index contributed by atoms with van der Waals surface area (Å²) in [6.45, 7) is 3.64. The molecule has 4 rings (SSSR count). The third-order valence-electron chi connectivity index (χ3n) is 7.49. The summed E-state index contributed by atoms with van der Waals surface area (Å²) in [6.07, 6.45) is 0.667. The van der Waals surface area contributed by atoms with E-state index < -0.39 is 44.3 Å². The first-order chi connectivity index (χ1) is 16.4. The molecule has 6 nitrogen and oxygen atoms in total. The van der Waals surface area contributed by atoms with Gasteiger partial charge in [0.25, 0.3) is 5.91 Å².